The van der Waals surface area contributed by atoms with Crippen LogP contribution < -0.4 is 0 Å². The minimum atomic E-state index is -3.42. The highest BCUT2D eigenvalue weighted by molar-refractivity contribution is 14.1. The third kappa shape index (κ3) is 2.21. The van der Waals surface area contributed by atoms with Crippen molar-refractivity contribution in [2.24, 2.45) is 0 Å². The highest BCUT2D eigenvalue weighted by Gasteiger charge is 2.59. The van der Waals surface area contributed by atoms with E-state index in [0.29, 0.717) is 4.90 Å². The highest BCUT2D eigenvalue weighted by atomic mass is 127. The molecule has 6 atom stereocenters. The van der Waals surface area contributed by atoms with Crippen LogP contribution in [0.25, 0.3) is 0 Å². The summed E-state index contributed by atoms with van der Waals surface area (Å²) in [4.78, 5) is 0.408. The summed E-state index contributed by atoms with van der Waals surface area (Å²) in [7, 11) is -3.42. The topological polar surface area (TPSA) is 46.6 Å². The summed E-state index contributed by atoms with van der Waals surface area (Å²) in [5.41, 5.74) is 0. The van der Waals surface area contributed by atoms with Crippen molar-refractivity contribution in [3.8, 4) is 0 Å². The van der Waals surface area contributed by atoms with Gasteiger partial charge in [0.1, 0.15) is 0 Å². The fourth-order valence-electron chi connectivity index (χ4n) is 3.78. The van der Waals surface area contributed by atoms with Gasteiger partial charge in [0, 0.05) is 12.1 Å². The monoisotopic (exact) mass is 531 g/mol. The van der Waals surface area contributed by atoms with Gasteiger partial charge in [0.25, 0.3) is 0 Å². The number of rotatable bonds is 2. The second kappa shape index (κ2) is 5.29. The Hall–Kier alpha value is 0.550. The lowest BCUT2D eigenvalue weighted by Crippen LogP contribution is -2.72. The molecule has 0 amide bonds. The molecule has 4 bridgehead atoms. The van der Waals surface area contributed by atoms with Crippen molar-refractivity contribution >= 4 is 55.2 Å². The first kappa shape index (κ1) is 15.1. The lowest BCUT2D eigenvalue weighted by atomic mass is 9.80. The first-order valence-corrected chi connectivity index (χ1v) is 11.0. The summed E-state index contributed by atoms with van der Waals surface area (Å²) in [6, 6.07) is 8.96. The van der Waals surface area contributed by atoms with E-state index in [4.69, 9.17) is 4.74 Å². The molecule has 4 aliphatic rings. The molecule has 0 radical (unpaired) electrons. The largest absolute Gasteiger partial charge is 0.373 e. The maximum atomic E-state index is 13.1. The Morgan fingerprint density at radius 3 is 2.05 bits per heavy atom. The van der Waals surface area contributed by atoms with Crippen molar-refractivity contribution in [2.75, 3.05) is 0 Å². The fraction of sp³-hybridized carbons (Fsp3) is 0.571. The zero-order chi connectivity index (χ0) is 14.8. The summed E-state index contributed by atoms with van der Waals surface area (Å²) in [6.07, 6.45) is 2.07. The van der Waals surface area contributed by atoms with Crippen LogP contribution in [0, 0.1) is 0 Å². The van der Waals surface area contributed by atoms with Crippen molar-refractivity contribution in [1.29, 1.82) is 0 Å². The summed E-state index contributed by atoms with van der Waals surface area (Å²) in [5, 5.41) is 0. The van der Waals surface area contributed by atoms with Crippen LogP contribution in [0.2, 0.25) is 0 Å². The van der Waals surface area contributed by atoms with Crippen LogP contribution in [0.4, 0.5) is 0 Å². The SMILES string of the molecule is O=S(=O)(c1ccccc1)N1[C@H]2C[C@@H]3O[C@@H](C[C@H]1[C@@H]3I)[C@H]2I. The number of nitrogens with zero attached hydrogens (tertiary/aromatic N) is 1. The molecule has 114 valence electrons. The minimum Gasteiger partial charge on any atom is -0.373 e. The summed E-state index contributed by atoms with van der Waals surface area (Å²) in [6.45, 7) is 0. The lowest BCUT2D eigenvalue weighted by Gasteiger charge is -2.59. The van der Waals surface area contributed by atoms with E-state index < -0.39 is 10.0 Å². The van der Waals surface area contributed by atoms with Crippen LogP contribution in [0.5, 0.6) is 0 Å². The molecular weight excluding hydrogens is 516 g/mol. The molecule has 0 aromatic heterocycles. The van der Waals surface area contributed by atoms with Gasteiger partial charge in [0.05, 0.1) is 25.0 Å². The Labute approximate surface area is 151 Å². The van der Waals surface area contributed by atoms with E-state index in [2.05, 4.69) is 45.2 Å². The Balaban J connectivity index is 1.78. The molecule has 21 heavy (non-hydrogen) atoms. The van der Waals surface area contributed by atoms with E-state index in [-0.39, 0.29) is 32.1 Å². The Bertz CT molecular complexity index is 631. The Morgan fingerprint density at radius 2 is 1.52 bits per heavy atom. The molecule has 4 fully saturated rings. The Morgan fingerprint density at radius 1 is 1.00 bits per heavy atom. The number of hydrogen-bond acceptors (Lipinski definition) is 3. The third-order valence-electron chi connectivity index (χ3n) is 4.72. The molecule has 4 aliphatic heterocycles. The molecule has 4 heterocycles. The quantitative estimate of drug-likeness (QED) is 0.436. The molecule has 4 saturated heterocycles. The van der Waals surface area contributed by atoms with Crippen LogP contribution in [-0.4, -0.2) is 44.9 Å². The second-order valence-corrected chi connectivity index (χ2v) is 10.6. The number of halogens is 2. The molecule has 0 saturated carbocycles. The van der Waals surface area contributed by atoms with E-state index in [9.17, 15) is 8.42 Å². The zero-order valence-electron chi connectivity index (χ0n) is 11.1. The predicted molar refractivity (Wildman–Crippen MR) is 96.6 cm³/mol. The number of ether oxygens (including phenoxy) is 1. The van der Waals surface area contributed by atoms with E-state index in [0.717, 1.165) is 12.8 Å². The number of benzene rings is 1. The minimum absolute atomic E-state index is 0.0734. The molecule has 0 spiro atoms. The van der Waals surface area contributed by atoms with Gasteiger partial charge in [0.15, 0.2) is 0 Å². The molecule has 4 nitrogen and oxygen atoms in total. The zero-order valence-corrected chi connectivity index (χ0v) is 16.2. The number of piperidine rings is 2. The summed E-state index contributed by atoms with van der Waals surface area (Å²) < 4.78 is 34.6. The van der Waals surface area contributed by atoms with E-state index in [1.165, 1.54) is 0 Å². The van der Waals surface area contributed by atoms with Crippen LogP contribution in [-0.2, 0) is 14.8 Å². The highest BCUT2D eigenvalue weighted by Crippen LogP contribution is 2.49. The van der Waals surface area contributed by atoms with Crippen molar-refractivity contribution < 1.29 is 13.2 Å². The lowest BCUT2D eigenvalue weighted by molar-refractivity contribution is -0.144. The molecule has 1 aromatic carbocycles. The average Bonchev–Trinajstić information content (AvgIpc) is 2.46. The van der Waals surface area contributed by atoms with Crippen LogP contribution >= 0.6 is 45.2 Å². The van der Waals surface area contributed by atoms with Crippen LogP contribution in [0.1, 0.15) is 12.8 Å². The third-order valence-corrected chi connectivity index (χ3v) is 9.94. The van der Waals surface area contributed by atoms with Gasteiger partial charge >= 0.3 is 0 Å². The molecule has 1 aromatic rings. The standard InChI is InChI=1S/C14H15I2NO3S/c15-13-9-6-11-14(16)10(7-12(13)20-11)17(9)21(18,19)8-4-2-1-3-5-8/h1-5,9-14H,6-7H2/t9-,10-,11-,12-,13-,14-/m0/s1. The maximum absolute atomic E-state index is 13.1. The van der Waals surface area contributed by atoms with E-state index >= 15 is 0 Å². The maximum Gasteiger partial charge on any atom is 0.243 e. The number of alkyl halides is 2. The molecule has 5 rings (SSSR count). The van der Waals surface area contributed by atoms with Crippen molar-refractivity contribution in [3.05, 3.63) is 30.3 Å². The van der Waals surface area contributed by atoms with E-state index in [1.54, 1.807) is 28.6 Å². The molecule has 0 aliphatic carbocycles. The van der Waals surface area contributed by atoms with Gasteiger partial charge in [-0.25, -0.2) is 8.42 Å². The first-order chi connectivity index (χ1) is 10.00. The van der Waals surface area contributed by atoms with Gasteiger partial charge in [-0.05, 0) is 25.0 Å². The smallest absolute Gasteiger partial charge is 0.243 e. The Kier molecular flexibility index (Phi) is 3.80. The average molecular weight is 531 g/mol. The molecular formula is C14H15I2NO3S. The normalized spacial score (nSPS) is 42.4. The van der Waals surface area contributed by atoms with Gasteiger partial charge in [0.2, 0.25) is 10.0 Å². The van der Waals surface area contributed by atoms with Gasteiger partial charge in [-0.1, -0.05) is 63.4 Å². The molecule has 0 N–H and O–H groups in total. The van der Waals surface area contributed by atoms with Crippen LogP contribution in [0.15, 0.2) is 35.2 Å². The number of hydrogen-bond donors (Lipinski definition) is 0. The van der Waals surface area contributed by atoms with Crippen molar-refractivity contribution in [2.45, 2.75) is 49.9 Å². The fourth-order valence-corrected chi connectivity index (χ4v) is 8.32. The van der Waals surface area contributed by atoms with Gasteiger partial charge < -0.3 is 4.74 Å². The van der Waals surface area contributed by atoms with Crippen molar-refractivity contribution in [1.82, 2.24) is 4.31 Å². The van der Waals surface area contributed by atoms with Gasteiger partial charge in [-0.2, -0.15) is 4.31 Å². The second-order valence-electron chi connectivity index (χ2n) is 5.86. The molecule has 0 unspecified atom stereocenters. The van der Waals surface area contributed by atoms with E-state index in [1.807, 2.05) is 6.07 Å². The van der Waals surface area contributed by atoms with Crippen LogP contribution in [0.3, 0.4) is 0 Å². The molecule has 7 heteroatoms. The van der Waals surface area contributed by atoms with Gasteiger partial charge in [-0.3, -0.25) is 0 Å². The first-order valence-electron chi connectivity index (χ1n) is 7.02. The van der Waals surface area contributed by atoms with Crippen molar-refractivity contribution in [3.63, 3.8) is 0 Å². The summed E-state index contributed by atoms with van der Waals surface area (Å²) in [5.74, 6) is 0. The number of sulfonamides is 1. The summed E-state index contributed by atoms with van der Waals surface area (Å²) >= 11 is 4.75. The predicted octanol–water partition coefficient (Wildman–Crippen LogP) is 2.60. The van der Waals surface area contributed by atoms with Gasteiger partial charge in [-0.15, -0.1) is 0 Å².